The number of aromatic nitrogens is 2. The lowest BCUT2D eigenvalue weighted by Gasteiger charge is -2.47. The van der Waals surface area contributed by atoms with Crippen LogP contribution in [0.5, 0.6) is 0 Å². The first-order chi connectivity index (χ1) is 23.0. The van der Waals surface area contributed by atoms with E-state index < -0.39 is 23.2 Å². The van der Waals surface area contributed by atoms with E-state index in [9.17, 15) is 4.39 Å². The molecule has 274 valence electrons. The van der Waals surface area contributed by atoms with Gasteiger partial charge in [-0.3, -0.25) is 4.90 Å². The van der Waals surface area contributed by atoms with Gasteiger partial charge in [0.05, 0.1) is 5.56 Å². The molecule has 6 heteroatoms. The number of hydrogen-bond donors (Lipinski definition) is 0. The Morgan fingerprint density at radius 2 is 1.57 bits per heavy atom. The van der Waals surface area contributed by atoms with Crippen LogP contribution in [0, 0.1) is 31.0 Å². The van der Waals surface area contributed by atoms with Gasteiger partial charge >= 0.3 is 0 Å². The van der Waals surface area contributed by atoms with E-state index in [1.165, 1.54) is 75.0 Å². The number of hydrogen-bond acceptors (Lipinski definition) is 3. The number of benzene rings is 1. The Labute approximate surface area is 297 Å². The second kappa shape index (κ2) is 18.1. The van der Waals surface area contributed by atoms with Crippen LogP contribution in [0.3, 0.4) is 0 Å². The van der Waals surface area contributed by atoms with Crippen LogP contribution in [0.2, 0.25) is 0 Å². The second-order valence-corrected chi connectivity index (χ2v) is 15.9. The molecule has 2 aromatic rings. The third-order valence-electron chi connectivity index (χ3n) is 11.4. The predicted octanol–water partition coefficient (Wildman–Crippen LogP) is 12.9. The van der Waals surface area contributed by atoms with Gasteiger partial charge in [0.25, 0.3) is 5.92 Å². The van der Waals surface area contributed by atoms with E-state index in [2.05, 4.69) is 69.1 Å². The van der Waals surface area contributed by atoms with Crippen molar-refractivity contribution in [3.8, 4) is 0 Å². The molecule has 1 aromatic carbocycles. The van der Waals surface area contributed by atoms with E-state index in [0.717, 1.165) is 23.4 Å². The molecule has 3 atom stereocenters. The summed E-state index contributed by atoms with van der Waals surface area (Å²) in [5.74, 6) is -4.81. The van der Waals surface area contributed by atoms with E-state index in [-0.39, 0.29) is 23.4 Å². The van der Waals surface area contributed by atoms with Crippen molar-refractivity contribution in [1.82, 2.24) is 14.9 Å². The van der Waals surface area contributed by atoms with Crippen LogP contribution in [0.1, 0.15) is 166 Å². The first-order valence-corrected chi connectivity index (χ1v) is 19.1. The monoisotopic (exact) mass is 682 g/mol. The van der Waals surface area contributed by atoms with Crippen LogP contribution in [0.4, 0.5) is 13.2 Å². The molecule has 1 aliphatic heterocycles. The third kappa shape index (κ3) is 10.3. The molecule has 0 radical (unpaired) electrons. The number of rotatable bonds is 13. The molecule has 0 N–H and O–H groups in total. The van der Waals surface area contributed by atoms with Gasteiger partial charge in [-0.15, -0.1) is 0 Å². The lowest BCUT2D eigenvalue weighted by Crippen LogP contribution is -2.53. The highest BCUT2D eigenvalue weighted by atomic mass is 19.3. The molecule has 3 nitrogen and oxygen atoms in total. The van der Waals surface area contributed by atoms with Gasteiger partial charge in [-0.25, -0.2) is 23.1 Å². The molecule has 2 fully saturated rings. The number of likely N-dealkylation sites (tertiary alicyclic amines) is 1. The second-order valence-electron chi connectivity index (χ2n) is 15.9. The van der Waals surface area contributed by atoms with Crippen LogP contribution >= 0.6 is 0 Å². The summed E-state index contributed by atoms with van der Waals surface area (Å²) in [7, 11) is 0. The minimum atomic E-state index is -3.15. The number of nitrogens with zero attached hydrogens (tertiary/aromatic N) is 3. The van der Waals surface area contributed by atoms with Gasteiger partial charge in [-0.1, -0.05) is 103 Å². The summed E-state index contributed by atoms with van der Waals surface area (Å²) in [5.41, 5.74) is 6.05. The van der Waals surface area contributed by atoms with Crippen LogP contribution in [0.25, 0.3) is 6.08 Å². The predicted molar refractivity (Wildman–Crippen MR) is 202 cm³/mol. The van der Waals surface area contributed by atoms with Crippen molar-refractivity contribution in [1.29, 1.82) is 0 Å². The van der Waals surface area contributed by atoms with Crippen molar-refractivity contribution < 1.29 is 13.2 Å². The summed E-state index contributed by atoms with van der Waals surface area (Å²) in [6.45, 7) is 25.0. The molecule has 1 aliphatic carbocycles. The van der Waals surface area contributed by atoms with E-state index in [0.29, 0.717) is 24.4 Å². The van der Waals surface area contributed by atoms with Gasteiger partial charge < -0.3 is 0 Å². The molecule has 0 amide bonds. The maximum Gasteiger partial charge on any atom is 0.278 e. The molecular formula is C43H66F3N3. The minimum Gasteiger partial charge on any atom is -0.295 e. The van der Waals surface area contributed by atoms with Gasteiger partial charge in [0.15, 0.2) is 0 Å². The van der Waals surface area contributed by atoms with Gasteiger partial charge in [-0.2, -0.15) is 0 Å². The fourth-order valence-corrected chi connectivity index (χ4v) is 8.62. The van der Waals surface area contributed by atoms with Gasteiger partial charge in [0.2, 0.25) is 0 Å². The summed E-state index contributed by atoms with van der Waals surface area (Å²) < 4.78 is 45.9. The lowest BCUT2D eigenvalue weighted by atomic mass is 9.76. The van der Waals surface area contributed by atoms with Crippen LogP contribution in [0.15, 0.2) is 42.3 Å². The summed E-state index contributed by atoms with van der Waals surface area (Å²) >= 11 is 0. The SMILES string of the molecule is C=C(C)/C(=C\c1c(C)ncnc1C)C1(C)CCCC1.CCCCCCCC(C)N1C(C)CC(C(F)(F)c2cccc(C(C)C)c2F)CC1C. The molecule has 49 heavy (non-hydrogen) atoms. The van der Waals surface area contributed by atoms with Crippen molar-refractivity contribution in [3.63, 3.8) is 0 Å². The Morgan fingerprint density at radius 1 is 1.00 bits per heavy atom. The third-order valence-corrected chi connectivity index (χ3v) is 11.4. The van der Waals surface area contributed by atoms with Crippen LogP contribution in [-0.4, -0.2) is 33.0 Å². The molecule has 0 bridgehead atoms. The quantitative estimate of drug-likeness (QED) is 0.156. The normalized spacial score (nSPS) is 22.2. The van der Waals surface area contributed by atoms with Crippen LogP contribution < -0.4 is 0 Å². The first-order valence-electron chi connectivity index (χ1n) is 19.1. The van der Waals surface area contributed by atoms with Crippen molar-refractivity contribution >= 4 is 6.08 Å². The fraction of sp³-hybridized carbons (Fsp3) is 0.674. The van der Waals surface area contributed by atoms with E-state index in [1.54, 1.807) is 18.5 Å². The number of aryl methyl sites for hydroxylation is 2. The molecule has 1 saturated heterocycles. The molecule has 2 aliphatic rings. The van der Waals surface area contributed by atoms with Crippen molar-refractivity contribution in [2.75, 3.05) is 0 Å². The fourth-order valence-electron chi connectivity index (χ4n) is 8.62. The molecule has 1 saturated carbocycles. The Balaban J connectivity index is 0.000000293. The number of halogens is 3. The summed E-state index contributed by atoms with van der Waals surface area (Å²) in [6.07, 6.45) is 17.3. The van der Waals surface area contributed by atoms with Crippen molar-refractivity contribution in [3.05, 3.63) is 76.1 Å². The Bertz CT molecular complexity index is 1360. The van der Waals surface area contributed by atoms with Gasteiger partial charge in [0.1, 0.15) is 12.1 Å². The Kier molecular flexibility index (Phi) is 15.2. The smallest absolute Gasteiger partial charge is 0.278 e. The number of piperidine rings is 1. The lowest BCUT2D eigenvalue weighted by molar-refractivity contribution is -0.112. The average molecular weight is 682 g/mol. The van der Waals surface area contributed by atoms with Crippen molar-refractivity contribution in [2.45, 2.75) is 176 Å². The molecule has 0 spiro atoms. The number of unbranched alkanes of at least 4 members (excludes halogenated alkanes) is 4. The summed E-state index contributed by atoms with van der Waals surface area (Å²) in [6, 6.07) is 5.02. The molecule has 1 aromatic heterocycles. The zero-order valence-electron chi connectivity index (χ0n) is 32.4. The molecule has 2 heterocycles. The Morgan fingerprint density at radius 3 is 2.10 bits per heavy atom. The molecule has 4 rings (SSSR count). The molecular weight excluding hydrogens is 615 g/mol. The largest absolute Gasteiger partial charge is 0.295 e. The summed E-state index contributed by atoms with van der Waals surface area (Å²) in [4.78, 5) is 11.1. The molecule has 3 unspecified atom stereocenters. The Hall–Kier alpha value is -2.47. The van der Waals surface area contributed by atoms with Crippen LogP contribution in [-0.2, 0) is 5.92 Å². The van der Waals surface area contributed by atoms with Gasteiger partial charge in [0, 0.05) is 41.0 Å². The summed E-state index contributed by atoms with van der Waals surface area (Å²) in [5, 5.41) is 0. The highest BCUT2D eigenvalue weighted by Gasteiger charge is 2.48. The number of alkyl halides is 2. The van der Waals surface area contributed by atoms with E-state index in [4.69, 9.17) is 0 Å². The van der Waals surface area contributed by atoms with Crippen molar-refractivity contribution in [2.24, 2.45) is 11.3 Å². The minimum absolute atomic E-state index is 0.0756. The topological polar surface area (TPSA) is 29.0 Å². The number of allylic oxidation sites excluding steroid dienone is 2. The van der Waals surface area contributed by atoms with E-state index in [1.807, 2.05) is 27.7 Å². The highest BCUT2D eigenvalue weighted by molar-refractivity contribution is 5.62. The highest BCUT2D eigenvalue weighted by Crippen LogP contribution is 2.48. The standard InChI is InChI=1S/C26H42F3N.C17H24N2/c1-7-8-9-10-11-13-19(4)30-20(5)16-22(17-21(30)6)26(28,29)24-15-12-14-23(18(2)3)25(24)27;1-12(2)16(17(5)8-6-7-9-17)10-15-13(3)18-11-19-14(15)4/h12,14-15,18-22H,7-11,13,16-17H2,1-6H3;10-11H,1,6-9H2,2-5H3/b;16-10+. The first kappa shape index (κ1) is 41.0. The maximum absolute atomic E-state index is 15.5. The zero-order chi connectivity index (χ0) is 36.5. The van der Waals surface area contributed by atoms with E-state index >= 15 is 8.78 Å². The zero-order valence-corrected chi connectivity index (χ0v) is 32.4. The maximum atomic E-state index is 15.5. The average Bonchev–Trinajstić information content (AvgIpc) is 3.47. The van der Waals surface area contributed by atoms with Gasteiger partial charge in [-0.05, 0) is 102 Å².